The van der Waals surface area contributed by atoms with Gasteiger partial charge in [-0.25, -0.2) is 0 Å². The van der Waals surface area contributed by atoms with E-state index in [0.29, 0.717) is 0 Å². The van der Waals surface area contributed by atoms with E-state index >= 15 is 0 Å². The third kappa shape index (κ3) is 36.5. The molecule has 0 aliphatic heterocycles. The van der Waals surface area contributed by atoms with Crippen LogP contribution in [0.25, 0.3) is 0 Å². The van der Waals surface area contributed by atoms with Crippen LogP contribution in [0.15, 0.2) is 0 Å². The Bertz CT molecular complexity index is 6.90. The van der Waals surface area contributed by atoms with Gasteiger partial charge in [0.2, 0.25) is 0 Å². The van der Waals surface area contributed by atoms with Crippen LogP contribution in [-0.4, -0.2) is 95.6 Å². The molecule has 0 aromatic rings. The van der Waals surface area contributed by atoms with E-state index in [1.54, 1.807) is 0 Å². The molecule has 7 heteroatoms. The number of hydrogen-bond acceptors (Lipinski definition) is 0. The van der Waals surface area contributed by atoms with Crippen LogP contribution < -0.4 is 0 Å². The van der Waals surface area contributed by atoms with Gasteiger partial charge in [-0.1, -0.05) is 0 Å². The molecule has 0 amide bonds. The Morgan fingerprint density at radius 2 is 0.286 bits per heavy atom. The molecule has 0 fully saturated rings. The van der Waals surface area contributed by atoms with Crippen LogP contribution in [0.4, 0.5) is 0 Å². The topological polar surface area (TPSA) is 0 Å². The Labute approximate surface area is 143 Å². The zero-order valence-electron chi connectivity index (χ0n) is 2.90. The summed E-state index contributed by atoms with van der Waals surface area (Å²) < 4.78 is 0. The van der Waals surface area contributed by atoms with Crippen molar-refractivity contribution in [3.63, 3.8) is 0 Å². The molecule has 0 atom stereocenters. The van der Waals surface area contributed by atoms with Crippen LogP contribution in [0, 0.1) is 0 Å². The first-order valence-electron chi connectivity index (χ1n) is 0. The monoisotopic (exact) mass is 668 g/mol. The fourth-order valence-corrected chi connectivity index (χ4v) is 0. The predicted molar refractivity (Wildman–Crippen MR) is 23.0 cm³/mol. The van der Waals surface area contributed by atoms with Crippen molar-refractivity contribution in [1.29, 1.82) is 0 Å². The summed E-state index contributed by atoms with van der Waals surface area (Å²) >= 11 is 0. The summed E-state index contributed by atoms with van der Waals surface area (Å²) in [6.07, 6.45) is 0. The fraction of sp³-hybridized carbons (Fsp3) is 0. The maximum atomic E-state index is 0. The Morgan fingerprint density at radius 1 is 0.286 bits per heavy atom. The van der Waals surface area contributed by atoms with Gasteiger partial charge in [0, 0.05) is 147 Å². The van der Waals surface area contributed by atoms with E-state index in [2.05, 4.69) is 0 Å². The molecule has 49 valence electrons. The molecule has 0 unspecified atom stereocenters. The Kier molecular flexibility index (Phi) is 389. The van der Waals surface area contributed by atoms with E-state index < -0.39 is 0 Å². The maximum Gasteiger partial charge on any atom is 0 e. The van der Waals surface area contributed by atoms with Gasteiger partial charge in [-0.2, -0.15) is 0 Å². The number of hydrogen-bond donors (Lipinski definition) is 0. The van der Waals surface area contributed by atoms with Crippen molar-refractivity contribution in [3.8, 4) is 0 Å². The molecule has 0 rings (SSSR count). The average molecular weight is 665 g/mol. The van der Waals surface area contributed by atoms with E-state index in [-0.39, 0.29) is 147 Å². The van der Waals surface area contributed by atoms with Gasteiger partial charge in [-0.3, -0.25) is 0 Å². The van der Waals surface area contributed by atoms with Gasteiger partial charge in [0.25, 0.3) is 0 Å². The van der Waals surface area contributed by atoms with E-state index in [1.165, 1.54) is 0 Å². The summed E-state index contributed by atoms with van der Waals surface area (Å²) in [6, 6.07) is 0. The van der Waals surface area contributed by atoms with Gasteiger partial charge in [-0.05, 0) is 0 Å². The van der Waals surface area contributed by atoms with Crippen LogP contribution in [0.2, 0.25) is 0 Å². The summed E-state index contributed by atoms with van der Waals surface area (Å²) in [7, 11) is 0. The summed E-state index contributed by atoms with van der Waals surface area (Å²) in [4.78, 5) is 0. The second-order valence-electron chi connectivity index (χ2n) is 0. The zero-order valence-corrected chi connectivity index (χ0v) is 17.1. The summed E-state index contributed by atoms with van der Waals surface area (Å²) in [5, 5.41) is 0. The molecule has 0 heterocycles. The third-order valence-corrected chi connectivity index (χ3v) is 0. The molecule has 0 N–H and O–H groups in total. The minimum absolute atomic E-state index is 0. The average Bonchev–Trinajstić information content (AvgIpc) is 0. The molecule has 7 heavy (non-hydrogen) atoms. The first kappa shape index (κ1) is 60.2. The van der Waals surface area contributed by atoms with Crippen molar-refractivity contribution in [2.45, 2.75) is 0 Å². The van der Waals surface area contributed by atoms with E-state index in [4.69, 9.17) is 0 Å². The van der Waals surface area contributed by atoms with Crippen LogP contribution in [0.5, 0.6) is 0 Å². The molecule has 0 bridgehead atoms. The molecule has 0 saturated heterocycles. The third-order valence-electron chi connectivity index (χ3n) is 0. The molecule has 0 saturated carbocycles. The minimum Gasteiger partial charge on any atom is 0 e. The standard InChI is InChI=1S/3Cu.4Sn. The SMILES string of the molecule is [Cu].[Cu].[Cu].[Sn].[Sn].[Sn].[Sn]. The fourth-order valence-electron chi connectivity index (χ4n) is 0. The predicted octanol–water partition coefficient (Wildman–Crippen LogP) is -1.53. The van der Waals surface area contributed by atoms with Crippen molar-refractivity contribution in [1.82, 2.24) is 0 Å². The smallest absolute Gasteiger partial charge is 0 e. The summed E-state index contributed by atoms with van der Waals surface area (Å²) in [6.45, 7) is 0. The first-order chi connectivity index (χ1) is 0. The first-order valence-corrected chi connectivity index (χ1v) is 0. The Hall–Kier alpha value is 4.75. The van der Waals surface area contributed by atoms with Gasteiger partial charge >= 0.3 is 0 Å². The molecule has 0 aromatic heterocycles. The van der Waals surface area contributed by atoms with Crippen molar-refractivity contribution in [2.75, 3.05) is 0 Å². The van der Waals surface area contributed by atoms with Gasteiger partial charge in [-0.15, -0.1) is 0 Å². The largest absolute Gasteiger partial charge is 0 e. The van der Waals surface area contributed by atoms with E-state index in [1.807, 2.05) is 0 Å². The van der Waals surface area contributed by atoms with Crippen LogP contribution in [0.3, 0.4) is 0 Å². The molecular formula is Cu3Sn4. The molecule has 0 aliphatic carbocycles. The second-order valence-corrected chi connectivity index (χ2v) is 0. The summed E-state index contributed by atoms with van der Waals surface area (Å²) in [5.74, 6) is 0. The Morgan fingerprint density at radius 3 is 0.286 bits per heavy atom. The normalized spacial score (nSPS) is 0. The molecule has 0 aromatic carbocycles. The van der Waals surface area contributed by atoms with Crippen molar-refractivity contribution >= 4 is 95.6 Å². The second kappa shape index (κ2) is 45.3. The van der Waals surface area contributed by atoms with Crippen molar-refractivity contribution in [2.24, 2.45) is 0 Å². The number of rotatable bonds is 0. The Balaban J connectivity index is 0. The molecule has 0 nitrogen and oxygen atoms in total. The quantitative estimate of drug-likeness (QED) is 0.276. The van der Waals surface area contributed by atoms with Crippen LogP contribution in [-0.2, 0) is 51.2 Å². The molecule has 19 radical (unpaired) electrons. The molecular weight excluding hydrogens is 665 g/mol. The maximum absolute atomic E-state index is 0. The zero-order chi connectivity index (χ0) is 0. The molecule has 0 spiro atoms. The van der Waals surface area contributed by atoms with Crippen LogP contribution in [0.1, 0.15) is 0 Å². The van der Waals surface area contributed by atoms with Crippen molar-refractivity contribution < 1.29 is 51.2 Å². The van der Waals surface area contributed by atoms with Crippen LogP contribution >= 0.6 is 0 Å². The van der Waals surface area contributed by atoms with E-state index in [9.17, 15) is 0 Å². The van der Waals surface area contributed by atoms with E-state index in [0.717, 1.165) is 0 Å². The molecule has 0 aliphatic rings. The van der Waals surface area contributed by atoms with Gasteiger partial charge in [0.15, 0.2) is 0 Å². The van der Waals surface area contributed by atoms with Crippen molar-refractivity contribution in [3.05, 3.63) is 0 Å². The minimum atomic E-state index is 0. The van der Waals surface area contributed by atoms with Gasteiger partial charge in [0.05, 0.1) is 0 Å². The van der Waals surface area contributed by atoms with Gasteiger partial charge in [0.1, 0.15) is 0 Å². The van der Waals surface area contributed by atoms with Gasteiger partial charge < -0.3 is 0 Å². The summed E-state index contributed by atoms with van der Waals surface area (Å²) in [5.41, 5.74) is 0.